The molecule has 12 heavy (non-hydrogen) atoms. The first kappa shape index (κ1) is 9.15. The average Bonchev–Trinajstić information content (AvgIpc) is 1.83. The van der Waals surface area contributed by atoms with Gasteiger partial charge in [-0.25, -0.2) is 0 Å². The molecule has 0 atom stereocenters. The zero-order valence-electron chi connectivity index (χ0n) is 6.77. The fraction of sp³-hybridized carbons (Fsp3) is 0.286. The molecule has 1 aromatic rings. The summed E-state index contributed by atoms with van der Waals surface area (Å²) >= 11 is 0. The van der Waals surface area contributed by atoms with Crippen molar-refractivity contribution < 1.29 is 13.0 Å². The molecule has 0 radical (unpaired) electrons. The fourth-order valence-corrected chi connectivity index (χ4v) is 1.61. The van der Waals surface area contributed by atoms with Crippen LogP contribution in [0.2, 0.25) is 0 Å². The highest BCUT2D eigenvalue weighted by Gasteiger charge is 2.12. The number of hydrogen-bond donors (Lipinski definition) is 1. The lowest BCUT2D eigenvalue weighted by molar-refractivity contribution is 0.482. The quantitative estimate of drug-likeness (QED) is 0.664. The molecule has 0 saturated carbocycles. The lowest BCUT2D eigenvalue weighted by Gasteiger charge is -2.01. The Kier molecular flexibility index (Phi) is 2.16. The van der Waals surface area contributed by atoms with E-state index in [1.54, 1.807) is 6.92 Å². The first-order valence-corrected chi connectivity index (χ1v) is 4.77. The van der Waals surface area contributed by atoms with Gasteiger partial charge < -0.3 is 0 Å². The van der Waals surface area contributed by atoms with E-state index in [-0.39, 0.29) is 4.90 Å². The Morgan fingerprint density at radius 2 is 1.92 bits per heavy atom. The van der Waals surface area contributed by atoms with E-state index in [0.29, 0.717) is 5.69 Å². The molecule has 5 heteroatoms. The predicted molar refractivity (Wildman–Crippen MR) is 43.5 cm³/mol. The minimum atomic E-state index is -4.11. The average molecular weight is 187 g/mol. The Labute approximate surface area is 71.0 Å². The van der Waals surface area contributed by atoms with E-state index in [9.17, 15) is 8.42 Å². The molecule has 1 rings (SSSR count). The van der Waals surface area contributed by atoms with E-state index in [1.165, 1.54) is 19.1 Å². The molecule has 1 heterocycles. The monoisotopic (exact) mass is 187 g/mol. The maximum atomic E-state index is 10.7. The molecular weight excluding hydrogens is 178 g/mol. The Hall–Kier alpha value is -0.940. The van der Waals surface area contributed by atoms with Crippen LogP contribution in [0.25, 0.3) is 0 Å². The highest BCUT2D eigenvalue weighted by molar-refractivity contribution is 7.85. The van der Waals surface area contributed by atoms with Gasteiger partial charge in [-0.15, -0.1) is 0 Å². The van der Waals surface area contributed by atoms with E-state index in [0.717, 1.165) is 5.69 Å². The maximum Gasteiger partial charge on any atom is 0.296 e. The van der Waals surface area contributed by atoms with Crippen molar-refractivity contribution in [3.8, 4) is 0 Å². The molecule has 0 aliphatic rings. The normalized spacial score (nSPS) is 11.6. The maximum absolute atomic E-state index is 10.7. The minimum absolute atomic E-state index is 0.131. The molecule has 0 amide bonds. The molecule has 0 fully saturated rings. The standard InChI is InChI=1S/C7H9NO3S/c1-5-3-4-7(6(2)8-5)12(9,10)11/h3-4H,1-2H3,(H,9,10,11). The summed E-state index contributed by atoms with van der Waals surface area (Å²) in [5.74, 6) is 0. The van der Waals surface area contributed by atoms with Crippen LogP contribution in [0.3, 0.4) is 0 Å². The Morgan fingerprint density at radius 1 is 1.33 bits per heavy atom. The molecular formula is C7H9NO3S. The fourth-order valence-electron chi connectivity index (χ4n) is 0.946. The van der Waals surface area contributed by atoms with Crippen LogP contribution in [0.15, 0.2) is 17.0 Å². The summed E-state index contributed by atoms with van der Waals surface area (Å²) in [6.07, 6.45) is 0. The van der Waals surface area contributed by atoms with Crippen LogP contribution in [-0.4, -0.2) is 18.0 Å². The second-order valence-corrected chi connectivity index (χ2v) is 3.90. The first-order chi connectivity index (χ1) is 5.41. The minimum Gasteiger partial charge on any atom is -0.282 e. The van der Waals surface area contributed by atoms with Crippen molar-refractivity contribution in [2.24, 2.45) is 0 Å². The van der Waals surface area contributed by atoms with Gasteiger partial charge in [-0.05, 0) is 26.0 Å². The Morgan fingerprint density at radius 3 is 2.33 bits per heavy atom. The van der Waals surface area contributed by atoms with Gasteiger partial charge in [0.1, 0.15) is 4.90 Å². The zero-order chi connectivity index (χ0) is 9.35. The Bertz CT molecular complexity index is 397. The number of aromatic nitrogens is 1. The number of hydrogen-bond acceptors (Lipinski definition) is 3. The number of nitrogens with zero attached hydrogens (tertiary/aromatic N) is 1. The molecule has 0 spiro atoms. The smallest absolute Gasteiger partial charge is 0.282 e. The van der Waals surface area contributed by atoms with Crippen molar-refractivity contribution in [1.82, 2.24) is 4.98 Å². The summed E-state index contributed by atoms with van der Waals surface area (Å²) in [5, 5.41) is 0. The summed E-state index contributed by atoms with van der Waals surface area (Å²) in [6.45, 7) is 3.29. The topological polar surface area (TPSA) is 67.3 Å². The third-order valence-electron chi connectivity index (χ3n) is 1.45. The largest absolute Gasteiger partial charge is 0.296 e. The summed E-state index contributed by atoms with van der Waals surface area (Å²) in [4.78, 5) is 3.77. The summed E-state index contributed by atoms with van der Waals surface area (Å²) in [5.41, 5.74) is 1.04. The van der Waals surface area contributed by atoms with Gasteiger partial charge in [0.15, 0.2) is 0 Å². The van der Waals surface area contributed by atoms with Gasteiger partial charge in [0.25, 0.3) is 10.1 Å². The number of aryl methyl sites for hydroxylation is 2. The molecule has 0 aliphatic carbocycles. The lowest BCUT2D eigenvalue weighted by Crippen LogP contribution is -2.02. The zero-order valence-corrected chi connectivity index (χ0v) is 7.59. The third-order valence-corrected chi connectivity index (χ3v) is 2.44. The lowest BCUT2D eigenvalue weighted by atomic mass is 10.3. The van der Waals surface area contributed by atoms with Gasteiger partial charge in [0.05, 0.1) is 5.69 Å². The highest BCUT2D eigenvalue weighted by atomic mass is 32.2. The van der Waals surface area contributed by atoms with Crippen LogP contribution in [-0.2, 0) is 10.1 Å². The van der Waals surface area contributed by atoms with Crippen LogP contribution in [0.1, 0.15) is 11.4 Å². The van der Waals surface area contributed by atoms with E-state index in [1.807, 2.05) is 0 Å². The second-order valence-electron chi connectivity index (χ2n) is 2.51. The van der Waals surface area contributed by atoms with Crippen molar-refractivity contribution in [3.05, 3.63) is 23.5 Å². The summed E-state index contributed by atoms with van der Waals surface area (Å²) in [7, 11) is -4.11. The molecule has 0 saturated heterocycles. The van der Waals surface area contributed by atoms with Crippen molar-refractivity contribution >= 4 is 10.1 Å². The van der Waals surface area contributed by atoms with Crippen LogP contribution in [0.5, 0.6) is 0 Å². The molecule has 0 aliphatic heterocycles. The van der Waals surface area contributed by atoms with E-state index >= 15 is 0 Å². The molecule has 1 aromatic heterocycles. The number of pyridine rings is 1. The van der Waals surface area contributed by atoms with Gasteiger partial charge in [-0.2, -0.15) is 8.42 Å². The predicted octanol–water partition coefficient (Wildman–Crippen LogP) is 0.945. The van der Waals surface area contributed by atoms with Crippen LogP contribution >= 0.6 is 0 Å². The SMILES string of the molecule is Cc1ccc(S(=O)(=O)O)c(C)n1. The molecule has 0 unspecified atom stereocenters. The number of rotatable bonds is 1. The van der Waals surface area contributed by atoms with Crippen molar-refractivity contribution in [1.29, 1.82) is 0 Å². The molecule has 0 aromatic carbocycles. The third kappa shape index (κ3) is 1.80. The van der Waals surface area contributed by atoms with E-state index in [2.05, 4.69) is 4.98 Å². The van der Waals surface area contributed by atoms with Crippen LogP contribution < -0.4 is 0 Å². The van der Waals surface area contributed by atoms with Crippen molar-refractivity contribution in [3.63, 3.8) is 0 Å². The van der Waals surface area contributed by atoms with Crippen molar-refractivity contribution in [2.45, 2.75) is 18.7 Å². The van der Waals surface area contributed by atoms with Crippen molar-refractivity contribution in [2.75, 3.05) is 0 Å². The van der Waals surface area contributed by atoms with E-state index < -0.39 is 10.1 Å². The molecule has 4 nitrogen and oxygen atoms in total. The van der Waals surface area contributed by atoms with Crippen LogP contribution in [0.4, 0.5) is 0 Å². The second kappa shape index (κ2) is 2.84. The molecule has 0 bridgehead atoms. The van der Waals surface area contributed by atoms with Crippen LogP contribution in [0, 0.1) is 13.8 Å². The van der Waals surface area contributed by atoms with Gasteiger partial charge in [0, 0.05) is 5.69 Å². The molecule has 66 valence electrons. The first-order valence-electron chi connectivity index (χ1n) is 3.33. The van der Waals surface area contributed by atoms with Gasteiger partial charge in [0.2, 0.25) is 0 Å². The van der Waals surface area contributed by atoms with Gasteiger partial charge in [-0.3, -0.25) is 9.54 Å². The summed E-state index contributed by atoms with van der Waals surface area (Å²) < 4.78 is 30.1. The molecule has 1 N–H and O–H groups in total. The summed E-state index contributed by atoms with van der Waals surface area (Å²) in [6, 6.07) is 2.88. The van der Waals surface area contributed by atoms with Gasteiger partial charge >= 0.3 is 0 Å². The van der Waals surface area contributed by atoms with E-state index in [4.69, 9.17) is 4.55 Å². The highest BCUT2D eigenvalue weighted by Crippen LogP contribution is 2.12. The van der Waals surface area contributed by atoms with Gasteiger partial charge in [-0.1, -0.05) is 0 Å². The Balaban J connectivity index is 3.39.